The highest BCUT2D eigenvalue weighted by Gasteiger charge is 2.17. The van der Waals surface area contributed by atoms with Crippen molar-refractivity contribution in [2.45, 2.75) is 13.0 Å². The number of hydrogen-bond acceptors (Lipinski definition) is 5. The average Bonchev–Trinajstić information content (AvgIpc) is 2.73. The first-order chi connectivity index (χ1) is 15.6. The van der Waals surface area contributed by atoms with Gasteiger partial charge < -0.3 is 14.0 Å². The van der Waals surface area contributed by atoms with Crippen molar-refractivity contribution in [2.24, 2.45) is 7.05 Å². The number of ether oxygens (including phenoxy) is 2. The van der Waals surface area contributed by atoms with Gasteiger partial charge >= 0.3 is 6.61 Å². The number of benzene rings is 2. The molecule has 0 spiro atoms. The van der Waals surface area contributed by atoms with E-state index in [9.17, 15) is 30.8 Å². The SMILES string of the molecule is Cn1cc(-c2cc(CCN[SH](=O)=O)ccc2Oc2ccc(F)cc2F)cc(OC(F)F)c1=O. The van der Waals surface area contributed by atoms with Crippen molar-refractivity contribution in [3.63, 3.8) is 0 Å². The van der Waals surface area contributed by atoms with E-state index in [4.69, 9.17) is 4.74 Å². The molecule has 1 aromatic heterocycles. The Balaban J connectivity index is 2.09. The van der Waals surface area contributed by atoms with Crippen LogP contribution >= 0.6 is 0 Å². The lowest BCUT2D eigenvalue weighted by atomic mass is 10.0. The number of aromatic nitrogens is 1. The first kappa shape index (κ1) is 24.3. The van der Waals surface area contributed by atoms with E-state index in [1.165, 1.54) is 19.3 Å². The second-order valence-corrected chi connectivity index (χ2v) is 7.64. The summed E-state index contributed by atoms with van der Waals surface area (Å²) in [7, 11) is -1.45. The predicted octanol–water partition coefficient (Wildman–Crippen LogP) is 3.38. The molecule has 0 saturated carbocycles. The van der Waals surface area contributed by atoms with E-state index in [2.05, 4.69) is 9.46 Å². The Morgan fingerprint density at radius 1 is 1.03 bits per heavy atom. The number of rotatable bonds is 9. The number of alkyl halides is 2. The van der Waals surface area contributed by atoms with Crippen LogP contribution in [0, 0.1) is 11.6 Å². The number of hydrogen-bond donors (Lipinski definition) is 2. The summed E-state index contributed by atoms with van der Waals surface area (Å²) >= 11 is 0. The zero-order valence-corrected chi connectivity index (χ0v) is 18.0. The molecule has 0 aliphatic rings. The number of nitrogens with zero attached hydrogens (tertiary/aromatic N) is 1. The zero-order valence-electron chi connectivity index (χ0n) is 17.1. The van der Waals surface area contributed by atoms with E-state index in [0.717, 1.165) is 22.8 Å². The lowest BCUT2D eigenvalue weighted by Gasteiger charge is -2.15. The predicted molar refractivity (Wildman–Crippen MR) is 112 cm³/mol. The van der Waals surface area contributed by atoms with Crippen molar-refractivity contribution < 1.29 is 35.5 Å². The van der Waals surface area contributed by atoms with Gasteiger partial charge in [-0.3, -0.25) is 4.79 Å². The highest BCUT2D eigenvalue weighted by atomic mass is 32.2. The lowest BCUT2D eigenvalue weighted by Crippen LogP contribution is -2.20. The summed E-state index contributed by atoms with van der Waals surface area (Å²) in [6, 6.07) is 8.45. The minimum absolute atomic E-state index is 0.0776. The topological polar surface area (TPSA) is 86.6 Å². The van der Waals surface area contributed by atoms with Crippen LogP contribution in [0.4, 0.5) is 17.6 Å². The monoisotopic (exact) mass is 486 g/mol. The van der Waals surface area contributed by atoms with Crippen molar-refractivity contribution in [1.82, 2.24) is 9.29 Å². The molecule has 176 valence electrons. The van der Waals surface area contributed by atoms with E-state index in [1.807, 2.05) is 0 Å². The molecular weight excluding hydrogens is 468 g/mol. The Kier molecular flexibility index (Phi) is 7.71. The molecule has 1 heterocycles. The van der Waals surface area contributed by atoms with E-state index in [-0.39, 0.29) is 35.6 Å². The minimum Gasteiger partial charge on any atom is -0.454 e. The summed E-state index contributed by atoms with van der Waals surface area (Å²) in [4.78, 5) is 12.1. The number of aryl methyl sites for hydroxylation is 1. The molecule has 33 heavy (non-hydrogen) atoms. The fourth-order valence-electron chi connectivity index (χ4n) is 3.02. The normalized spacial score (nSPS) is 11.2. The van der Waals surface area contributed by atoms with Gasteiger partial charge in [-0.15, -0.1) is 0 Å². The number of halogens is 4. The largest absolute Gasteiger partial charge is 0.454 e. The zero-order chi connectivity index (χ0) is 24.1. The molecule has 0 radical (unpaired) electrons. The summed E-state index contributed by atoms with van der Waals surface area (Å²) < 4.78 is 87.5. The van der Waals surface area contributed by atoms with Crippen LogP contribution in [-0.4, -0.2) is 26.1 Å². The molecule has 2 aromatic carbocycles. The Morgan fingerprint density at radius 3 is 2.42 bits per heavy atom. The Hall–Kier alpha value is -3.38. The fraction of sp³-hybridized carbons (Fsp3) is 0.190. The Morgan fingerprint density at radius 2 is 1.76 bits per heavy atom. The van der Waals surface area contributed by atoms with Crippen LogP contribution in [0.5, 0.6) is 17.2 Å². The molecule has 0 aliphatic heterocycles. The number of nitrogens with one attached hydrogen (secondary N) is 1. The van der Waals surface area contributed by atoms with Gasteiger partial charge in [0, 0.05) is 37.0 Å². The number of pyridine rings is 1. The molecule has 0 aliphatic carbocycles. The molecule has 1 N–H and O–H groups in total. The quantitative estimate of drug-likeness (QED) is 0.358. The third kappa shape index (κ3) is 6.33. The van der Waals surface area contributed by atoms with Crippen molar-refractivity contribution in [3.05, 3.63) is 76.2 Å². The van der Waals surface area contributed by atoms with Gasteiger partial charge in [0.1, 0.15) is 11.6 Å². The second-order valence-electron chi connectivity index (χ2n) is 6.81. The van der Waals surface area contributed by atoms with Crippen LogP contribution in [-0.2, 0) is 24.4 Å². The summed E-state index contributed by atoms with van der Waals surface area (Å²) in [5, 5.41) is 0. The maximum absolute atomic E-state index is 14.1. The smallest absolute Gasteiger partial charge is 0.387 e. The van der Waals surface area contributed by atoms with Crippen molar-refractivity contribution >= 4 is 10.9 Å². The molecule has 0 saturated heterocycles. The molecular formula is C21H18F4N2O5S. The van der Waals surface area contributed by atoms with Gasteiger partial charge in [-0.1, -0.05) is 6.07 Å². The molecule has 0 fully saturated rings. The highest BCUT2D eigenvalue weighted by molar-refractivity contribution is 7.70. The molecule has 0 bridgehead atoms. The van der Waals surface area contributed by atoms with Crippen LogP contribution in [0.25, 0.3) is 11.1 Å². The van der Waals surface area contributed by atoms with Gasteiger partial charge in [0.25, 0.3) is 5.56 Å². The van der Waals surface area contributed by atoms with Crippen LogP contribution in [0.15, 0.2) is 53.5 Å². The third-order valence-electron chi connectivity index (χ3n) is 4.49. The molecule has 0 atom stereocenters. The molecule has 0 unspecified atom stereocenters. The summed E-state index contributed by atoms with van der Waals surface area (Å²) in [5.74, 6) is -2.58. The lowest BCUT2D eigenvalue weighted by molar-refractivity contribution is -0.0510. The van der Waals surface area contributed by atoms with Crippen LogP contribution in [0.2, 0.25) is 0 Å². The van der Waals surface area contributed by atoms with E-state index >= 15 is 0 Å². The summed E-state index contributed by atoms with van der Waals surface area (Å²) in [5.41, 5.74) is 0.338. The van der Waals surface area contributed by atoms with Crippen LogP contribution in [0.1, 0.15) is 5.56 Å². The Bertz CT molecular complexity index is 1290. The average molecular weight is 486 g/mol. The van der Waals surface area contributed by atoms with Crippen LogP contribution < -0.4 is 19.8 Å². The molecule has 3 aromatic rings. The molecule has 7 nitrogen and oxygen atoms in total. The van der Waals surface area contributed by atoms with Gasteiger partial charge in [-0.2, -0.15) is 8.78 Å². The standard InChI is InChI=1S/C21H18F4N2O5S/c1-27-11-13(9-19(20(27)28)32-21(24)25)15-8-12(6-7-26-33(29)30)2-4-17(15)31-18-5-3-14(22)10-16(18)23/h2-5,8-11,21,33H,6-7H2,1H3,(H,26,29,30). The van der Waals surface area contributed by atoms with E-state index < -0.39 is 40.4 Å². The van der Waals surface area contributed by atoms with Crippen molar-refractivity contribution in [1.29, 1.82) is 0 Å². The Labute approximate surface area is 187 Å². The number of thiol groups is 1. The van der Waals surface area contributed by atoms with Gasteiger partial charge in [-0.25, -0.2) is 21.9 Å². The van der Waals surface area contributed by atoms with Crippen molar-refractivity contribution in [2.75, 3.05) is 6.54 Å². The molecule has 12 heteroatoms. The molecule has 0 amide bonds. The summed E-state index contributed by atoms with van der Waals surface area (Å²) in [6.07, 6.45) is 1.62. The van der Waals surface area contributed by atoms with Gasteiger partial charge in [0.05, 0.1) is 0 Å². The van der Waals surface area contributed by atoms with Gasteiger partial charge in [-0.05, 0) is 42.3 Å². The fourth-order valence-corrected chi connectivity index (χ4v) is 3.32. The first-order valence-electron chi connectivity index (χ1n) is 9.43. The second kappa shape index (κ2) is 10.5. The first-order valence-corrected chi connectivity index (χ1v) is 10.6. The third-order valence-corrected chi connectivity index (χ3v) is 4.97. The van der Waals surface area contributed by atoms with Gasteiger partial charge in [0.15, 0.2) is 17.3 Å². The molecule has 3 rings (SSSR count). The van der Waals surface area contributed by atoms with Crippen LogP contribution in [0.3, 0.4) is 0 Å². The van der Waals surface area contributed by atoms with Gasteiger partial charge in [0.2, 0.25) is 10.9 Å². The van der Waals surface area contributed by atoms with E-state index in [1.54, 1.807) is 12.1 Å². The maximum atomic E-state index is 14.1. The summed E-state index contributed by atoms with van der Waals surface area (Å²) in [6.45, 7) is -3.14. The highest BCUT2D eigenvalue weighted by Crippen LogP contribution is 2.36. The van der Waals surface area contributed by atoms with Crippen molar-refractivity contribution in [3.8, 4) is 28.4 Å². The maximum Gasteiger partial charge on any atom is 0.387 e. The van der Waals surface area contributed by atoms with E-state index in [0.29, 0.717) is 11.6 Å². The minimum atomic E-state index is -3.23.